The first-order valence-corrected chi connectivity index (χ1v) is 26.0. The summed E-state index contributed by atoms with van der Waals surface area (Å²) in [4.78, 5) is 135. The molecule has 7 amide bonds. The molecule has 0 saturated carbocycles. The van der Waals surface area contributed by atoms with E-state index in [9.17, 15) is 63.6 Å². The molecule has 1 aromatic heterocycles. The summed E-state index contributed by atoms with van der Waals surface area (Å²) in [6.07, 6.45) is -4.96. The summed E-state index contributed by atoms with van der Waals surface area (Å²) in [5.41, 5.74) is 12.9. The summed E-state index contributed by atoms with van der Waals surface area (Å²) in [6.45, 7) is 6.68. The number of phenols is 1. The molecule has 4 aliphatic heterocycles. The van der Waals surface area contributed by atoms with Gasteiger partial charge in [0.25, 0.3) is 0 Å². The van der Waals surface area contributed by atoms with E-state index in [4.69, 9.17) is 11.5 Å². The molecule has 15 N–H and O–H groups in total. The molecule has 2 aromatic rings. The number of nitrogens with zero attached hydrogens (tertiary/aromatic N) is 3. The van der Waals surface area contributed by atoms with Gasteiger partial charge < -0.3 is 73.8 Å². The highest BCUT2D eigenvalue weighted by molar-refractivity contribution is 7.78. The second-order valence-corrected chi connectivity index (χ2v) is 20.9. The SMILES string of the molecule is CC[C@H](C)[C@@H]1NC(=O)CNC(=O)[C@@H]2CC(=O)[C@H]([C@@H](C)[C@@H](O)CO)NC(=O)[C@@H]3C[C@@H](O)CN3C(=O)[C@H](CC(N)=O)CC(=O)[C@H](C[SH+]c3[nH]c4c(CN5CCN(CCN)CC5)c(O)ccc4c3C2)NC(=O)CNC1=O.[OH-]. The summed E-state index contributed by atoms with van der Waals surface area (Å²) < 4.78 is 0. The van der Waals surface area contributed by atoms with Crippen molar-refractivity contribution in [1.29, 1.82) is 0 Å². The van der Waals surface area contributed by atoms with Crippen LogP contribution in [0.15, 0.2) is 17.2 Å². The molecule has 25 nitrogen and oxygen atoms in total. The van der Waals surface area contributed by atoms with Crippen molar-refractivity contribution in [3.63, 3.8) is 0 Å². The summed E-state index contributed by atoms with van der Waals surface area (Å²) in [5, 5.41) is 57.3. The molecule has 0 unspecified atom stereocenters. The molecule has 0 radical (unpaired) electrons. The van der Waals surface area contributed by atoms with E-state index in [1.54, 1.807) is 19.9 Å². The van der Waals surface area contributed by atoms with Gasteiger partial charge in [0.05, 0.1) is 49.4 Å². The van der Waals surface area contributed by atoms with Gasteiger partial charge in [0.2, 0.25) is 46.4 Å². The average molecular weight is 1060 g/mol. The van der Waals surface area contributed by atoms with Crippen LogP contribution in [-0.4, -0.2) is 206 Å². The first kappa shape index (κ1) is 59.1. The summed E-state index contributed by atoms with van der Waals surface area (Å²) >= 11 is 0.329. The van der Waals surface area contributed by atoms with Gasteiger partial charge in [-0.3, -0.25) is 53.0 Å². The van der Waals surface area contributed by atoms with E-state index in [2.05, 4.69) is 41.4 Å². The standard InChI is InChI=1S/C48H71N11O13S.H2O/c1-4-24(2)41-46(71)52-18-39(67)53-32-23-73-47-30(29-5-6-34(62)31(43(29)56-47)21-58-11-9-57(8-7-49)10-12-58)13-26(44(69)51-19-40(68)54-41)14-36(64)42(25(3)37(65)22-60)55-45(70)33-17-28(61)20-59(33)48(72)27(15-35(32)63)16-38(50)66;/h5-6,24-28,32-33,37,41-42,56,60-62,65H,4,7-23,49H2,1-3H3,(H2,50,66)(H,51,69)(H,52,71)(H,53,67)(H,54,68)(H,55,70);1H2/t24-,25-,26-,27-,28+,32-,33-,37-,41-,42-;/m0./s1. The van der Waals surface area contributed by atoms with E-state index in [1.165, 1.54) is 13.0 Å². The molecule has 410 valence electrons. The van der Waals surface area contributed by atoms with E-state index < -0.39 is 158 Å². The first-order valence-electron chi connectivity index (χ1n) is 25.0. The molecule has 2 fully saturated rings. The number of aromatic amines is 1. The fourth-order valence-corrected chi connectivity index (χ4v) is 11.3. The van der Waals surface area contributed by atoms with Gasteiger partial charge in [-0.2, -0.15) is 0 Å². The molecule has 10 atom stereocenters. The highest BCUT2D eigenvalue weighted by atomic mass is 32.2. The van der Waals surface area contributed by atoms with Crippen molar-refractivity contribution in [3.8, 4) is 5.75 Å². The molecule has 26 heteroatoms. The van der Waals surface area contributed by atoms with E-state index in [-0.39, 0.29) is 29.8 Å². The Balaban J connectivity index is 0.0000101. The van der Waals surface area contributed by atoms with Gasteiger partial charge >= 0.3 is 0 Å². The van der Waals surface area contributed by atoms with Crippen LogP contribution in [0.4, 0.5) is 0 Å². The van der Waals surface area contributed by atoms with Crippen molar-refractivity contribution in [1.82, 2.24) is 46.3 Å². The second kappa shape index (κ2) is 26.7. The smallest absolute Gasteiger partial charge is 0.243 e. The Morgan fingerprint density at radius 3 is 2.18 bits per heavy atom. The van der Waals surface area contributed by atoms with Gasteiger partial charge in [-0.1, -0.05) is 27.2 Å². The lowest BCUT2D eigenvalue weighted by atomic mass is 9.85. The molecule has 2 bridgehead atoms. The van der Waals surface area contributed by atoms with Gasteiger partial charge in [0.1, 0.15) is 29.6 Å². The zero-order valence-electron chi connectivity index (χ0n) is 42.0. The summed E-state index contributed by atoms with van der Waals surface area (Å²) in [7, 11) is 0. The number of primary amides is 1. The van der Waals surface area contributed by atoms with Gasteiger partial charge in [-0.25, -0.2) is 0 Å². The van der Waals surface area contributed by atoms with E-state index in [0.29, 0.717) is 71.4 Å². The van der Waals surface area contributed by atoms with E-state index in [0.717, 1.165) is 24.5 Å². The Kier molecular flexibility index (Phi) is 21.3. The monoisotopic (exact) mass is 1060 g/mol. The van der Waals surface area contributed by atoms with Crippen molar-refractivity contribution in [2.45, 2.75) is 107 Å². The zero-order valence-corrected chi connectivity index (χ0v) is 42.9. The minimum Gasteiger partial charge on any atom is -0.870 e. The lowest BCUT2D eigenvalue weighted by Crippen LogP contribution is -2.56. The van der Waals surface area contributed by atoms with Gasteiger partial charge in [-0.15, -0.1) is 0 Å². The number of thiol groups is 1. The second-order valence-electron chi connectivity index (χ2n) is 19.8. The predicted octanol–water partition coefficient (Wildman–Crippen LogP) is -4.77. The summed E-state index contributed by atoms with van der Waals surface area (Å²) in [5.74, 6) is -12.1. The molecular weight excluding hydrogens is 987 g/mol. The number of phenolic OH excluding ortho intramolecular Hbond substituents is 1. The quantitative estimate of drug-likeness (QED) is 0.0742. The zero-order chi connectivity index (χ0) is 53.3. The lowest BCUT2D eigenvalue weighted by Gasteiger charge is -2.34. The highest BCUT2D eigenvalue weighted by Crippen LogP contribution is 2.36. The highest BCUT2D eigenvalue weighted by Gasteiger charge is 2.45. The van der Waals surface area contributed by atoms with Gasteiger partial charge in [0.15, 0.2) is 11.6 Å². The van der Waals surface area contributed by atoms with Crippen LogP contribution < -0.4 is 38.1 Å². The number of Topliss-reactive ketones (excluding diaryl/α,β-unsaturated/α-hetero) is 2. The fourth-order valence-electron chi connectivity index (χ4n) is 10.0. The van der Waals surface area contributed by atoms with Crippen LogP contribution in [0, 0.1) is 23.7 Å². The average Bonchev–Trinajstić information content (AvgIpc) is 3.93. The number of rotatable bonds is 11. The van der Waals surface area contributed by atoms with E-state index in [1.807, 2.05) is 0 Å². The number of aromatic nitrogens is 1. The van der Waals surface area contributed by atoms with Crippen molar-refractivity contribution >= 4 is 75.6 Å². The number of fused-ring (bicyclic) bond motifs is 5. The molecule has 6 rings (SSSR count). The van der Waals surface area contributed by atoms with Crippen molar-refractivity contribution in [2.75, 3.05) is 71.3 Å². The maximum absolute atomic E-state index is 14.8. The Bertz CT molecular complexity index is 2400. The number of carbonyl (C=O) groups is 9. The topological polar surface area (TPSA) is 402 Å². The van der Waals surface area contributed by atoms with Crippen LogP contribution in [0.5, 0.6) is 5.75 Å². The van der Waals surface area contributed by atoms with Crippen LogP contribution in [-0.2, 0) is 67.9 Å². The summed E-state index contributed by atoms with van der Waals surface area (Å²) in [6, 6.07) is -2.49. The number of piperazine rings is 1. The number of aliphatic hydroxyl groups is 3. The molecular formula is C48H73N11O14S. The van der Waals surface area contributed by atoms with Crippen molar-refractivity contribution in [3.05, 3.63) is 23.3 Å². The molecule has 5 heterocycles. The van der Waals surface area contributed by atoms with Crippen molar-refractivity contribution in [2.24, 2.45) is 35.1 Å². The van der Waals surface area contributed by atoms with Crippen LogP contribution >= 0.6 is 0 Å². The molecule has 1 aromatic carbocycles. The number of hydrogen-bond acceptors (Lipinski definition) is 17. The fraction of sp³-hybridized carbons (Fsp3) is 0.646. The third-order valence-electron chi connectivity index (χ3n) is 14.6. The number of nitrogens with two attached hydrogens (primary N) is 2. The van der Waals surface area contributed by atoms with Gasteiger partial charge in [-0.05, 0) is 24.5 Å². The lowest BCUT2D eigenvalue weighted by molar-refractivity contribution is -0.145. The first-order chi connectivity index (χ1) is 34.7. The minimum atomic E-state index is -1.61. The Hall–Kier alpha value is -5.74. The van der Waals surface area contributed by atoms with E-state index >= 15 is 0 Å². The number of aromatic hydroxyl groups is 1. The van der Waals surface area contributed by atoms with Crippen LogP contribution in [0.3, 0.4) is 0 Å². The maximum atomic E-state index is 14.8. The van der Waals surface area contributed by atoms with Crippen LogP contribution in [0.25, 0.3) is 10.9 Å². The maximum Gasteiger partial charge on any atom is 0.243 e. The Morgan fingerprint density at radius 1 is 0.865 bits per heavy atom. The molecule has 74 heavy (non-hydrogen) atoms. The number of H-pyrrole nitrogens is 1. The van der Waals surface area contributed by atoms with Crippen molar-refractivity contribution < 1.29 is 69.1 Å². The Labute approximate surface area is 432 Å². The number of benzene rings is 1. The third kappa shape index (κ3) is 14.6. The predicted molar refractivity (Wildman–Crippen MR) is 268 cm³/mol. The normalized spacial score (nSPS) is 27.1. The number of amides is 7. The van der Waals surface area contributed by atoms with Gasteiger partial charge in [0, 0.05) is 118 Å². The molecule has 0 spiro atoms. The third-order valence-corrected chi connectivity index (χ3v) is 15.8. The van der Waals surface area contributed by atoms with Crippen LogP contribution in [0.2, 0.25) is 0 Å². The minimum absolute atomic E-state index is 0. The Morgan fingerprint density at radius 2 is 1.53 bits per heavy atom. The number of hydrogen-bond donors (Lipinski definition) is 12. The number of nitrogens with one attached hydrogen (secondary N) is 6. The molecule has 0 aliphatic carbocycles. The number of ketones is 2. The molecule has 4 aliphatic rings. The largest absolute Gasteiger partial charge is 0.870 e. The number of aliphatic hydroxyl groups excluding tert-OH is 3. The molecule has 2 saturated heterocycles. The van der Waals surface area contributed by atoms with Crippen LogP contribution in [0.1, 0.15) is 64.0 Å². The number of carbonyl (C=O) groups excluding carboxylic acids is 9.